The molecule has 2 heterocycles. The maximum absolute atomic E-state index is 12.6. The van der Waals surface area contributed by atoms with Gasteiger partial charge in [-0.2, -0.15) is 0 Å². The molecule has 2 saturated heterocycles. The number of hydrogen-bond acceptors (Lipinski definition) is 11. The van der Waals surface area contributed by atoms with Crippen LogP contribution in [0.25, 0.3) is 0 Å². The minimum absolute atomic E-state index is 0.0141. The van der Waals surface area contributed by atoms with Gasteiger partial charge in [0.15, 0.2) is 6.29 Å². The maximum atomic E-state index is 12.6. The van der Waals surface area contributed by atoms with Crippen LogP contribution in [0.15, 0.2) is 0 Å². The highest BCUT2D eigenvalue weighted by Gasteiger charge is 2.60. The average Bonchev–Trinajstić information content (AvgIpc) is 3.54. The molecule has 12 heteroatoms. The number of carbonyl (C=O) groups excluding carboxylic acids is 2. The Morgan fingerprint density at radius 1 is 0.771 bits per heavy atom. The van der Waals surface area contributed by atoms with Gasteiger partial charge in [-0.15, -0.1) is 0 Å². The van der Waals surface area contributed by atoms with E-state index in [1.807, 2.05) is 0 Å². The number of fused-ring (bicyclic) bond motifs is 5. The summed E-state index contributed by atoms with van der Waals surface area (Å²) in [7, 11) is 0. The monoisotopic (exact) mass is 503 g/mol. The lowest BCUT2D eigenvalue weighted by Gasteiger charge is -2.39. The number of imide groups is 1. The van der Waals surface area contributed by atoms with Crippen LogP contribution in [0, 0.1) is 23.7 Å². The molecule has 0 radical (unpaired) electrons. The Labute approximate surface area is 204 Å². The minimum atomic E-state index is -1.48. The highest BCUT2D eigenvalue weighted by molar-refractivity contribution is 6.06. The van der Waals surface area contributed by atoms with Crippen LogP contribution in [0.2, 0.25) is 0 Å². The number of rotatable bonds is 14. The fourth-order valence-electron chi connectivity index (χ4n) is 5.82. The number of aliphatic hydroxyl groups is 4. The fourth-order valence-corrected chi connectivity index (χ4v) is 5.82. The molecule has 2 bridgehead atoms. The first-order valence-corrected chi connectivity index (χ1v) is 12.4. The van der Waals surface area contributed by atoms with E-state index in [2.05, 4.69) is 0 Å². The zero-order valence-electron chi connectivity index (χ0n) is 19.8. The molecular weight excluding hydrogens is 466 g/mol. The highest BCUT2D eigenvalue weighted by atomic mass is 16.7. The van der Waals surface area contributed by atoms with E-state index in [1.54, 1.807) is 0 Å². The normalized spacial score (nSPS) is 38.5. The molecule has 4 aliphatic rings. The molecule has 2 amide bonds. The molecule has 2 saturated carbocycles. The Kier molecular flexibility index (Phi) is 9.47. The standard InChI is InChI=1S/C23H37NO11/c25-12-15-18(26)19(27)20(28)23(35-15)34-10-9-33-8-7-32-6-5-31-4-3-24-21(29)16-13-1-2-14(11-13)17(16)22(24)30/h13-20,23,25-28H,1-12H2/t13-,14+,15-,16+,17-,18-,19+,20+,23+/m1/s1. The highest BCUT2D eigenvalue weighted by Crippen LogP contribution is 2.56. The van der Waals surface area contributed by atoms with Crippen LogP contribution in [0.3, 0.4) is 0 Å². The van der Waals surface area contributed by atoms with Gasteiger partial charge in [-0.1, -0.05) is 0 Å². The van der Waals surface area contributed by atoms with Crippen molar-refractivity contribution in [3.63, 3.8) is 0 Å². The molecule has 0 unspecified atom stereocenters. The number of ether oxygens (including phenoxy) is 5. The van der Waals surface area contributed by atoms with E-state index >= 15 is 0 Å². The van der Waals surface area contributed by atoms with E-state index < -0.39 is 37.3 Å². The van der Waals surface area contributed by atoms with Gasteiger partial charge in [0.25, 0.3) is 0 Å². The molecule has 4 N–H and O–H groups in total. The van der Waals surface area contributed by atoms with E-state index in [4.69, 9.17) is 28.8 Å². The first-order chi connectivity index (χ1) is 16.9. The molecule has 2 aliphatic heterocycles. The Hall–Kier alpha value is -1.22. The summed E-state index contributed by atoms with van der Waals surface area (Å²) in [5.74, 6) is 0.573. The fraction of sp³-hybridized carbons (Fsp3) is 0.913. The third-order valence-corrected chi connectivity index (χ3v) is 7.58. The maximum Gasteiger partial charge on any atom is 0.233 e. The van der Waals surface area contributed by atoms with Gasteiger partial charge in [-0.25, -0.2) is 0 Å². The number of likely N-dealkylation sites (tertiary alicyclic amines) is 1. The predicted octanol–water partition coefficient (Wildman–Crippen LogP) is -2.12. The summed E-state index contributed by atoms with van der Waals surface area (Å²) < 4.78 is 26.9. The van der Waals surface area contributed by atoms with Gasteiger partial charge >= 0.3 is 0 Å². The smallest absolute Gasteiger partial charge is 0.233 e. The second-order valence-electron chi connectivity index (χ2n) is 9.62. The van der Waals surface area contributed by atoms with Crippen molar-refractivity contribution in [2.45, 2.75) is 50.0 Å². The third kappa shape index (κ3) is 5.86. The van der Waals surface area contributed by atoms with E-state index in [1.165, 1.54) is 4.90 Å². The SMILES string of the molecule is O=C1[C@@H]2[C@H]3CC[C@H](C3)[C@@H]2C(=O)N1CCOCCOCCOCCO[C@H]1O[C@H](CO)[C@@H](O)[C@H](O)[C@@H]1O. The van der Waals surface area contributed by atoms with E-state index in [9.17, 15) is 24.9 Å². The second kappa shape index (κ2) is 12.3. The molecule has 35 heavy (non-hydrogen) atoms. The number of carbonyl (C=O) groups is 2. The largest absolute Gasteiger partial charge is 0.394 e. The van der Waals surface area contributed by atoms with Crippen LogP contribution in [0.5, 0.6) is 0 Å². The van der Waals surface area contributed by atoms with Crippen LogP contribution in [-0.2, 0) is 33.3 Å². The zero-order valence-corrected chi connectivity index (χ0v) is 19.8. The van der Waals surface area contributed by atoms with Crippen molar-refractivity contribution in [1.82, 2.24) is 4.90 Å². The molecule has 4 rings (SSSR count). The zero-order chi connectivity index (χ0) is 24.9. The summed E-state index contributed by atoms with van der Waals surface area (Å²) in [5.41, 5.74) is 0. The van der Waals surface area contributed by atoms with Gasteiger partial charge in [-0.3, -0.25) is 14.5 Å². The predicted molar refractivity (Wildman–Crippen MR) is 117 cm³/mol. The van der Waals surface area contributed by atoms with E-state index in [-0.39, 0.29) is 36.9 Å². The quantitative estimate of drug-likeness (QED) is 0.151. The molecule has 0 aromatic heterocycles. The first-order valence-electron chi connectivity index (χ1n) is 12.4. The molecule has 4 fully saturated rings. The summed E-state index contributed by atoms with van der Waals surface area (Å²) in [6.07, 6.45) is -3.36. The van der Waals surface area contributed by atoms with E-state index in [0.717, 1.165) is 19.3 Å². The van der Waals surface area contributed by atoms with Crippen LogP contribution in [0.4, 0.5) is 0 Å². The average molecular weight is 504 g/mol. The molecule has 9 atom stereocenters. The summed E-state index contributed by atoms with van der Waals surface area (Å²) in [4.78, 5) is 26.6. The Bertz CT molecular complexity index is 694. The van der Waals surface area contributed by atoms with Crippen molar-refractivity contribution >= 4 is 11.8 Å². The Morgan fingerprint density at radius 3 is 1.89 bits per heavy atom. The topological polar surface area (TPSA) is 164 Å². The molecule has 200 valence electrons. The Balaban J connectivity index is 0.978. The van der Waals surface area contributed by atoms with Gasteiger partial charge in [0, 0.05) is 0 Å². The molecule has 2 aliphatic carbocycles. The summed E-state index contributed by atoms with van der Waals surface area (Å²) in [6, 6.07) is 0. The van der Waals surface area contributed by atoms with Crippen LogP contribution >= 0.6 is 0 Å². The van der Waals surface area contributed by atoms with Crippen LogP contribution < -0.4 is 0 Å². The van der Waals surface area contributed by atoms with Gasteiger partial charge < -0.3 is 44.1 Å². The lowest BCUT2D eigenvalue weighted by molar-refractivity contribution is -0.302. The van der Waals surface area contributed by atoms with Crippen molar-refractivity contribution in [2.24, 2.45) is 23.7 Å². The molecule has 0 aromatic rings. The van der Waals surface area contributed by atoms with Crippen molar-refractivity contribution in [2.75, 3.05) is 59.4 Å². The number of aliphatic hydroxyl groups excluding tert-OH is 4. The lowest BCUT2D eigenvalue weighted by atomic mass is 9.81. The van der Waals surface area contributed by atoms with Gasteiger partial charge in [0.2, 0.25) is 11.8 Å². The molecular formula is C23H37NO11. The van der Waals surface area contributed by atoms with Gasteiger partial charge in [-0.05, 0) is 31.1 Å². The lowest BCUT2D eigenvalue weighted by Crippen LogP contribution is -2.59. The Morgan fingerprint density at radius 2 is 1.31 bits per heavy atom. The second-order valence-corrected chi connectivity index (χ2v) is 9.62. The number of amides is 2. The molecule has 0 aromatic carbocycles. The third-order valence-electron chi connectivity index (χ3n) is 7.58. The van der Waals surface area contributed by atoms with Crippen molar-refractivity contribution in [1.29, 1.82) is 0 Å². The van der Waals surface area contributed by atoms with Crippen molar-refractivity contribution in [3.05, 3.63) is 0 Å². The molecule has 0 spiro atoms. The molecule has 12 nitrogen and oxygen atoms in total. The van der Waals surface area contributed by atoms with E-state index in [0.29, 0.717) is 51.4 Å². The van der Waals surface area contributed by atoms with Crippen molar-refractivity contribution < 1.29 is 53.7 Å². The van der Waals surface area contributed by atoms with Crippen LogP contribution in [-0.4, -0.2) is 127 Å². The first kappa shape index (κ1) is 26.8. The summed E-state index contributed by atoms with van der Waals surface area (Å²) in [6.45, 7) is 1.66. The van der Waals surface area contributed by atoms with Crippen LogP contribution in [0.1, 0.15) is 19.3 Å². The van der Waals surface area contributed by atoms with Gasteiger partial charge in [0.1, 0.15) is 24.4 Å². The van der Waals surface area contributed by atoms with Gasteiger partial charge in [0.05, 0.1) is 71.2 Å². The summed E-state index contributed by atoms with van der Waals surface area (Å²) >= 11 is 0. The van der Waals surface area contributed by atoms with Crippen molar-refractivity contribution in [3.8, 4) is 0 Å². The number of nitrogens with zero attached hydrogens (tertiary/aromatic N) is 1. The summed E-state index contributed by atoms with van der Waals surface area (Å²) in [5, 5.41) is 38.5. The number of hydrogen-bond donors (Lipinski definition) is 4. The minimum Gasteiger partial charge on any atom is -0.394 e.